The second-order valence-electron chi connectivity index (χ2n) is 4.67. The molecule has 0 aliphatic rings. The molecule has 1 N–H and O–H groups in total. The van der Waals surface area contributed by atoms with Crippen molar-refractivity contribution in [2.75, 3.05) is 16.8 Å². The molecule has 1 aromatic carbocycles. The highest BCUT2D eigenvalue weighted by atomic mass is 35.5. The molecule has 0 aliphatic heterocycles. The molecular formula is C12H12ClN3O5S2. The number of halogens is 1. The van der Waals surface area contributed by atoms with Crippen LogP contribution in [0.5, 0.6) is 0 Å². The lowest BCUT2D eigenvalue weighted by Gasteiger charge is -2.21. The van der Waals surface area contributed by atoms with E-state index >= 15 is 0 Å². The van der Waals surface area contributed by atoms with Crippen LogP contribution < -0.4 is 9.73 Å². The molecule has 0 atom stereocenters. The molecule has 0 fully saturated rings. The predicted molar refractivity (Wildman–Crippen MR) is 86.4 cm³/mol. The van der Waals surface area contributed by atoms with Crippen molar-refractivity contribution in [3.8, 4) is 0 Å². The molecule has 0 saturated carbocycles. The first-order chi connectivity index (χ1) is 10.5. The highest BCUT2D eigenvalue weighted by molar-refractivity contribution is 7.92. The molecule has 2 aromatic rings. The molecular weight excluding hydrogens is 366 g/mol. The second kappa shape index (κ2) is 5.95. The van der Waals surface area contributed by atoms with Gasteiger partial charge in [0.05, 0.1) is 17.0 Å². The van der Waals surface area contributed by atoms with Gasteiger partial charge in [0.15, 0.2) is 14.9 Å². The van der Waals surface area contributed by atoms with Crippen molar-refractivity contribution in [2.45, 2.75) is 5.03 Å². The van der Waals surface area contributed by atoms with Crippen LogP contribution >= 0.6 is 11.6 Å². The average molecular weight is 378 g/mol. The van der Waals surface area contributed by atoms with Crippen LogP contribution in [0.3, 0.4) is 0 Å². The van der Waals surface area contributed by atoms with E-state index in [1.807, 2.05) is 0 Å². The maximum Gasteiger partial charge on any atom is 0.238 e. The number of sulfone groups is 1. The Morgan fingerprint density at radius 1 is 1.13 bits per heavy atom. The molecule has 2 rings (SSSR count). The van der Waals surface area contributed by atoms with Gasteiger partial charge in [-0.25, -0.2) is 21.1 Å². The minimum Gasteiger partial charge on any atom is -0.286 e. The van der Waals surface area contributed by atoms with Crippen LogP contribution in [0.1, 0.15) is 0 Å². The lowest BCUT2D eigenvalue weighted by atomic mass is 10.3. The van der Waals surface area contributed by atoms with Gasteiger partial charge in [-0.05, 0) is 12.1 Å². The van der Waals surface area contributed by atoms with E-state index in [-0.39, 0.29) is 10.7 Å². The van der Waals surface area contributed by atoms with Crippen molar-refractivity contribution in [2.24, 2.45) is 0 Å². The van der Waals surface area contributed by atoms with Gasteiger partial charge >= 0.3 is 0 Å². The summed E-state index contributed by atoms with van der Waals surface area (Å²) in [6.07, 6.45) is 1.77. The van der Waals surface area contributed by atoms with E-state index < -0.39 is 36.1 Å². The fourth-order valence-corrected chi connectivity index (χ4v) is 3.55. The van der Waals surface area contributed by atoms with Gasteiger partial charge in [-0.3, -0.25) is 9.89 Å². The van der Waals surface area contributed by atoms with Gasteiger partial charge < -0.3 is 0 Å². The van der Waals surface area contributed by atoms with E-state index in [1.165, 1.54) is 12.1 Å². The summed E-state index contributed by atoms with van der Waals surface area (Å²) in [4.78, 5) is 12.2. The van der Waals surface area contributed by atoms with E-state index in [9.17, 15) is 21.6 Å². The summed E-state index contributed by atoms with van der Waals surface area (Å²) >= 11 is 5.99. The summed E-state index contributed by atoms with van der Waals surface area (Å²) in [7, 11) is -7.64. The van der Waals surface area contributed by atoms with E-state index in [1.54, 1.807) is 12.1 Å². The number of nitrogens with one attached hydrogen (secondary N) is 1. The van der Waals surface area contributed by atoms with E-state index in [0.29, 0.717) is 4.31 Å². The lowest BCUT2D eigenvalue weighted by molar-refractivity contribution is 0.596. The maximum atomic E-state index is 12.2. The number of benzene rings is 1. The molecule has 124 valence electrons. The number of nitrogens with zero attached hydrogens (tertiary/aromatic N) is 2. The molecule has 23 heavy (non-hydrogen) atoms. The SMILES string of the molecule is CS(=O)(=O)c1cc(=O)c(N(c2ccccc2Cl)S(C)(=O)=O)n[nH]1. The van der Waals surface area contributed by atoms with Gasteiger partial charge in [-0.15, -0.1) is 0 Å². The Balaban J connectivity index is 2.73. The lowest BCUT2D eigenvalue weighted by Crippen LogP contribution is -2.31. The zero-order chi connectivity index (χ0) is 17.4. The number of aromatic nitrogens is 2. The molecule has 0 aliphatic carbocycles. The Morgan fingerprint density at radius 2 is 1.74 bits per heavy atom. The number of para-hydroxylation sites is 1. The summed E-state index contributed by atoms with van der Waals surface area (Å²) < 4.78 is 47.7. The number of aromatic amines is 1. The Morgan fingerprint density at radius 3 is 2.22 bits per heavy atom. The number of hydrogen-bond acceptors (Lipinski definition) is 6. The molecule has 8 nitrogen and oxygen atoms in total. The summed E-state index contributed by atoms with van der Waals surface area (Å²) in [6, 6.07) is 6.75. The third-order valence-corrected chi connectivity index (χ3v) is 5.11. The van der Waals surface area contributed by atoms with Crippen molar-refractivity contribution in [1.82, 2.24) is 10.2 Å². The summed E-state index contributed by atoms with van der Waals surface area (Å²) in [5.74, 6) is -0.506. The van der Waals surface area contributed by atoms with Gasteiger partial charge in [0, 0.05) is 12.3 Å². The summed E-state index contributed by atoms with van der Waals surface area (Å²) in [5, 5.41) is 5.44. The fourth-order valence-electron chi connectivity index (χ4n) is 1.78. The standard InChI is InChI=1S/C12H12ClN3O5S2/c1-22(18,19)11-7-10(17)12(15-14-11)16(23(2,20)21)9-6-4-3-5-8(9)13/h3-7H,1-2H3,(H,14,17). The number of hydrogen-bond donors (Lipinski definition) is 1. The smallest absolute Gasteiger partial charge is 0.238 e. The third-order valence-electron chi connectivity index (χ3n) is 2.75. The Bertz CT molecular complexity index is 1010. The monoisotopic (exact) mass is 377 g/mol. The Labute approximate surface area is 137 Å². The van der Waals surface area contributed by atoms with Crippen LogP contribution in [0.2, 0.25) is 5.02 Å². The molecule has 0 unspecified atom stereocenters. The number of sulfonamides is 1. The highest BCUT2D eigenvalue weighted by Gasteiger charge is 2.26. The molecule has 0 spiro atoms. The van der Waals surface area contributed by atoms with Gasteiger partial charge in [0.2, 0.25) is 21.3 Å². The normalized spacial score (nSPS) is 12.1. The molecule has 1 aromatic heterocycles. The average Bonchev–Trinajstić information content (AvgIpc) is 2.40. The molecule has 0 bridgehead atoms. The Hall–Kier alpha value is -1.91. The van der Waals surface area contributed by atoms with Crippen molar-refractivity contribution in [1.29, 1.82) is 0 Å². The largest absolute Gasteiger partial charge is 0.286 e. The first kappa shape index (κ1) is 17.4. The molecule has 0 radical (unpaired) electrons. The third kappa shape index (κ3) is 3.71. The zero-order valence-electron chi connectivity index (χ0n) is 12.0. The van der Waals surface area contributed by atoms with Gasteiger partial charge in [0.1, 0.15) is 0 Å². The predicted octanol–water partition coefficient (Wildman–Crippen LogP) is 0.925. The van der Waals surface area contributed by atoms with Gasteiger partial charge in [-0.1, -0.05) is 23.7 Å². The van der Waals surface area contributed by atoms with Crippen molar-refractivity contribution in [3.05, 3.63) is 45.6 Å². The highest BCUT2D eigenvalue weighted by Crippen LogP contribution is 2.31. The van der Waals surface area contributed by atoms with Gasteiger partial charge in [-0.2, -0.15) is 5.10 Å². The fraction of sp³-hybridized carbons (Fsp3) is 0.167. The molecule has 0 amide bonds. The van der Waals surface area contributed by atoms with E-state index in [4.69, 9.17) is 11.6 Å². The van der Waals surface area contributed by atoms with Crippen molar-refractivity contribution >= 4 is 43.0 Å². The van der Waals surface area contributed by atoms with Crippen LogP contribution in [-0.4, -0.2) is 39.5 Å². The first-order valence-electron chi connectivity index (χ1n) is 6.06. The summed E-state index contributed by atoms with van der Waals surface area (Å²) in [6.45, 7) is 0. The van der Waals surface area contributed by atoms with Crippen LogP contribution in [0.15, 0.2) is 40.2 Å². The van der Waals surface area contributed by atoms with Crippen LogP contribution in [0.25, 0.3) is 0 Å². The minimum atomic E-state index is -3.95. The van der Waals surface area contributed by atoms with Crippen molar-refractivity contribution < 1.29 is 16.8 Å². The van der Waals surface area contributed by atoms with Crippen LogP contribution in [-0.2, 0) is 19.9 Å². The van der Waals surface area contributed by atoms with E-state index in [0.717, 1.165) is 18.6 Å². The number of H-pyrrole nitrogens is 1. The maximum absolute atomic E-state index is 12.2. The molecule has 1 heterocycles. The van der Waals surface area contributed by atoms with Crippen LogP contribution in [0, 0.1) is 0 Å². The quantitative estimate of drug-likeness (QED) is 0.846. The Kier molecular flexibility index (Phi) is 4.51. The number of anilines is 2. The molecule has 11 heteroatoms. The zero-order valence-corrected chi connectivity index (χ0v) is 14.4. The first-order valence-corrected chi connectivity index (χ1v) is 10.2. The topological polar surface area (TPSA) is 117 Å². The second-order valence-corrected chi connectivity index (χ2v) is 8.89. The number of rotatable bonds is 4. The molecule has 0 saturated heterocycles. The minimum absolute atomic E-state index is 0.0294. The van der Waals surface area contributed by atoms with Gasteiger partial charge in [0.25, 0.3) is 0 Å². The van der Waals surface area contributed by atoms with Crippen molar-refractivity contribution in [3.63, 3.8) is 0 Å². The van der Waals surface area contributed by atoms with Crippen LogP contribution in [0.4, 0.5) is 11.5 Å². The van der Waals surface area contributed by atoms with E-state index in [2.05, 4.69) is 10.2 Å². The summed E-state index contributed by atoms with van der Waals surface area (Å²) in [5.41, 5.74) is -0.851.